The van der Waals surface area contributed by atoms with E-state index in [1.807, 2.05) is 55.5 Å². The third kappa shape index (κ3) is 4.95. The number of rotatable bonds is 8. The number of amides is 1. The van der Waals surface area contributed by atoms with Crippen LogP contribution in [0.1, 0.15) is 25.3 Å². The molecule has 3 N–H and O–H groups in total. The Kier molecular flexibility index (Phi) is 7.70. The highest BCUT2D eigenvalue weighted by molar-refractivity contribution is 5.85. The monoisotopic (exact) mass is 402 g/mol. The van der Waals surface area contributed by atoms with Crippen LogP contribution in [0.4, 0.5) is 5.69 Å². The highest BCUT2D eigenvalue weighted by atomic mass is 35.5. The van der Waals surface area contributed by atoms with Crippen LogP contribution in [0.25, 0.3) is 11.0 Å². The third-order valence-electron chi connectivity index (χ3n) is 4.65. The van der Waals surface area contributed by atoms with E-state index in [-0.39, 0.29) is 30.4 Å². The quantitative estimate of drug-likeness (QED) is 0.568. The Morgan fingerprint density at radius 2 is 1.61 bits per heavy atom. The number of nitrogens with one attached hydrogen (secondary N) is 1. The Morgan fingerprint density at radius 3 is 2.21 bits per heavy atom. The molecule has 0 saturated carbocycles. The summed E-state index contributed by atoms with van der Waals surface area (Å²) < 4.78 is 3.49. The predicted octanol–water partition coefficient (Wildman–Crippen LogP) is 2.97. The molecule has 150 valence electrons. The molecule has 0 saturated heterocycles. The van der Waals surface area contributed by atoms with Gasteiger partial charge in [0.2, 0.25) is 5.91 Å². The van der Waals surface area contributed by atoms with Gasteiger partial charge >= 0.3 is 5.69 Å². The minimum Gasteiger partial charge on any atom is -0.399 e. The Balaban J connectivity index is 0.00000280. The van der Waals surface area contributed by atoms with Gasteiger partial charge in [-0.05, 0) is 42.7 Å². The Labute approximate surface area is 170 Å². The van der Waals surface area contributed by atoms with Gasteiger partial charge in [-0.3, -0.25) is 13.9 Å². The molecule has 1 amide bonds. The molecule has 0 spiro atoms. The van der Waals surface area contributed by atoms with Crippen molar-refractivity contribution in [2.75, 3.05) is 12.3 Å². The van der Waals surface area contributed by atoms with Gasteiger partial charge < -0.3 is 11.1 Å². The summed E-state index contributed by atoms with van der Waals surface area (Å²) in [5, 5.41) is 2.92. The molecule has 3 rings (SSSR count). The van der Waals surface area contributed by atoms with E-state index in [4.69, 9.17) is 5.73 Å². The van der Waals surface area contributed by atoms with Gasteiger partial charge in [-0.25, -0.2) is 4.79 Å². The Hall–Kier alpha value is -2.73. The van der Waals surface area contributed by atoms with E-state index < -0.39 is 0 Å². The average Bonchev–Trinajstić information content (AvgIpc) is 2.94. The van der Waals surface area contributed by atoms with Crippen molar-refractivity contribution >= 4 is 35.0 Å². The Bertz CT molecular complexity index is 976. The zero-order valence-electron chi connectivity index (χ0n) is 16.1. The fraction of sp³-hybridized carbons (Fsp3) is 0.333. The normalized spacial score (nSPS) is 10.6. The van der Waals surface area contributed by atoms with Crippen molar-refractivity contribution in [3.8, 4) is 0 Å². The number of hydrogen-bond acceptors (Lipinski definition) is 3. The lowest BCUT2D eigenvalue weighted by Crippen LogP contribution is -2.29. The highest BCUT2D eigenvalue weighted by Gasteiger charge is 2.13. The molecule has 0 fully saturated rings. The molecule has 0 radical (unpaired) electrons. The van der Waals surface area contributed by atoms with E-state index in [2.05, 4.69) is 5.32 Å². The smallest absolute Gasteiger partial charge is 0.329 e. The maximum Gasteiger partial charge on any atom is 0.329 e. The van der Waals surface area contributed by atoms with E-state index >= 15 is 0 Å². The molecule has 7 heteroatoms. The molecule has 0 unspecified atom stereocenters. The second-order valence-corrected chi connectivity index (χ2v) is 6.67. The maximum absolute atomic E-state index is 12.7. The number of aryl methyl sites for hydroxylation is 2. The lowest BCUT2D eigenvalue weighted by Gasteiger charge is -2.07. The topological polar surface area (TPSA) is 82.0 Å². The molecule has 6 nitrogen and oxygen atoms in total. The molecular formula is C21H27ClN4O2. The first-order valence-corrected chi connectivity index (χ1v) is 9.39. The average molecular weight is 403 g/mol. The van der Waals surface area contributed by atoms with Gasteiger partial charge in [0.25, 0.3) is 0 Å². The van der Waals surface area contributed by atoms with Crippen molar-refractivity contribution in [1.82, 2.24) is 14.5 Å². The van der Waals surface area contributed by atoms with Crippen LogP contribution in [-0.2, 0) is 24.3 Å². The molecular weight excluding hydrogens is 376 g/mol. The fourth-order valence-corrected chi connectivity index (χ4v) is 3.26. The summed E-state index contributed by atoms with van der Waals surface area (Å²) in [6, 6.07) is 15.4. The third-order valence-corrected chi connectivity index (χ3v) is 4.65. The van der Waals surface area contributed by atoms with Crippen LogP contribution >= 0.6 is 12.4 Å². The number of hydrogen-bond donors (Lipinski definition) is 2. The van der Waals surface area contributed by atoms with Crippen LogP contribution in [0, 0.1) is 0 Å². The van der Waals surface area contributed by atoms with Crippen LogP contribution in [0.2, 0.25) is 0 Å². The van der Waals surface area contributed by atoms with E-state index in [0.29, 0.717) is 19.6 Å². The summed E-state index contributed by atoms with van der Waals surface area (Å²) >= 11 is 0. The standard InChI is InChI=1S/C21H26N4O2.ClH/c1-2-14-24-18-5-3-4-6-19(18)25(21(24)27)15-12-20(26)23-13-11-16-7-9-17(22)10-8-16;/h3-10H,2,11-15,22H2,1H3,(H,23,26);1H. The van der Waals surface area contributed by atoms with Gasteiger partial charge in [0, 0.05) is 31.7 Å². The summed E-state index contributed by atoms with van der Waals surface area (Å²) in [4.78, 5) is 24.9. The first-order chi connectivity index (χ1) is 13.1. The number of nitrogens with two attached hydrogens (primary N) is 1. The van der Waals surface area contributed by atoms with Crippen LogP contribution in [0.15, 0.2) is 53.3 Å². The number of para-hydroxylation sites is 2. The molecule has 0 bridgehead atoms. The van der Waals surface area contributed by atoms with Crippen molar-refractivity contribution in [3.05, 3.63) is 64.6 Å². The summed E-state index contributed by atoms with van der Waals surface area (Å²) in [5.41, 5.74) is 9.29. The first kappa shape index (κ1) is 21.6. The zero-order valence-corrected chi connectivity index (χ0v) is 16.9. The lowest BCUT2D eigenvalue weighted by molar-refractivity contribution is -0.121. The molecule has 1 heterocycles. The number of carbonyl (C=O) groups excluding carboxylic acids is 1. The number of nitrogens with zero attached hydrogens (tertiary/aromatic N) is 2. The zero-order chi connectivity index (χ0) is 19.2. The van der Waals surface area contributed by atoms with Crippen molar-refractivity contribution in [3.63, 3.8) is 0 Å². The van der Waals surface area contributed by atoms with Crippen molar-refractivity contribution in [2.45, 2.75) is 39.3 Å². The molecule has 2 aromatic carbocycles. The number of carbonyl (C=O) groups is 1. The summed E-state index contributed by atoms with van der Waals surface area (Å²) in [5.74, 6) is -0.0512. The van der Waals surface area contributed by atoms with Gasteiger partial charge in [0.05, 0.1) is 11.0 Å². The summed E-state index contributed by atoms with van der Waals surface area (Å²) in [6.45, 7) is 3.67. The minimum absolute atomic E-state index is 0. The van der Waals surface area contributed by atoms with Crippen molar-refractivity contribution < 1.29 is 4.79 Å². The molecule has 0 aliphatic rings. The van der Waals surface area contributed by atoms with Gasteiger partial charge in [-0.2, -0.15) is 0 Å². The SMILES string of the molecule is CCCn1c(=O)n(CCC(=O)NCCc2ccc(N)cc2)c2ccccc21.Cl. The van der Waals surface area contributed by atoms with E-state index in [1.165, 1.54) is 0 Å². The van der Waals surface area contributed by atoms with Gasteiger partial charge in [0.15, 0.2) is 0 Å². The number of halogens is 1. The second-order valence-electron chi connectivity index (χ2n) is 6.67. The number of benzene rings is 2. The van der Waals surface area contributed by atoms with Gasteiger partial charge in [0.1, 0.15) is 0 Å². The first-order valence-electron chi connectivity index (χ1n) is 9.39. The number of aromatic nitrogens is 2. The number of anilines is 1. The van der Waals surface area contributed by atoms with Crippen LogP contribution in [0.3, 0.4) is 0 Å². The predicted molar refractivity (Wildman–Crippen MR) is 116 cm³/mol. The second kappa shape index (κ2) is 9.99. The summed E-state index contributed by atoms with van der Waals surface area (Å²) in [6.07, 6.45) is 1.92. The van der Waals surface area contributed by atoms with Gasteiger partial charge in [-0.15, -0.1) is 12.4 Å². The summed E-state index contributed by atoms with van der Waals surface area (Å²) in [7, 11) is 0. The Morgan fingerprint density at radius 1 is 1.00 bits per heavy atom. The van der Waals surface area contributed by atoms with Gasteiger partial charge in [-0.1, -0.05) is 31.2 Å². The highest BCUT2D eigenvalue weighted by Crippen LogP contribution is 2.13. The number of fused-ring (bicyclic) bond motifs is 1. The molecule has 0 aliphatic carbocycles. The number of imidazole rings is 1. The number of nitrogen functional groups attached to an aromatic ring is 1. The molecule has 0 atom stereocenters. The van der Waals surface area contributed by atoms with E-state index in [1.54, 1.807) is 9.13 Å². The lowest BCUT2D eigenvalue weighted by atomic mass is 10.1. The van der Waals surface area contributed by atoms with Crippen molar-refractivity contribution in [2.24, 2.45) is 0 Å². The van der Waals surface area contributed by atoms with Crippen LogP contribution in [0.5, 0.6) is 0 Å². The van der Waals surface area contributed by atoms with E-state index in [9.17, 15) is 9.59 Å². The minimum atomic E-state index is -0.0512. The fourth-order valence-electron chi connectivity index (χ4n) is 3.26. The largest absolute Gasteiger partial charge is 0.399 e. The van der Waals surface area contributed by atoms with Crippen LogP contribution in [-0.4, -0.2) is 21.6 Å². The van der Waals surface area contributed by atoms with Crippen molar-refractivity contribution in [1.29, 1.82) is 0 Å². The van der Waals surface area contributed by atoms with E-state index in [0.717, 1.165) is 35.1 Å². The molecule has 0 aliphatic heterocycles. The molecule has 28 heavy (non-hydrogen) atoms. The van der Waals surface area contributed by atoms with Crippen LogP contribution < -0.4 is 16.7 Å². The molecule has 1 aromatic heterocycles. The maximum atomic E-state index is 12.7. The molecule has 3 aromatic rings.